The number of para-hydroxylation sites is 1. The third kappa shape index (κ3) is 5.60. The van der Waals surface area contributed by atoms with Crippen LogP contribution in [-0.4, -0.2) is 25.9 Å². The monoisotopic (exact) mass is 639 g/mol. The van der Waals surface area contributed by atoms with Crippen molar-refractivity contribution in [3.8, 4) is 0 Å². The van der Waals surface area contributed by atoms with Crippen molar-refractivity contribution < 1.29 is 25.9 Å². The van der Waals surface area contributed by atoms with Gasteiger partial charge in [0.05, 0.1) is 5.69 Å². The molecule has 0 amide bonds. The minimum absolute atomic E-state index is 0.103. The molecule has 0 aliphatic heterocycles. The first-order valence-electron chi connectivity index (χ1n) is 9.69. The van der Waals surface area contributed by atoms with E-state index in [4.69, 9.17) is 0 Å². The van der Waals surface area contributed by atoms with Crippen LogP contribution in [0.15, 0.2) is 102 Å². The predicted molar refractivity (Wildman–Crippen MR) is 139 cm³/mol. The maximum Gasteiger partial charge on any atom is 0.295 e. The van der Waals surface area contributed by atoms with Gasteiger partial charge in [0.15, 0.2) is 0 Å². The van der Waals surface area contributed by atoms with E-state index in [-0.39, 0.29) is 26.1 Å². The molecule has 0 atom stereocenters. The van der Waals surface area contributed by atoms with Crippen molar-refractivity contribution in [1.29, 1.82) is 0 Å². The minimum Gasteiger partial charge on any atom is -0.355 e. The van der Waals surface area contributed by atoms with Gasteiger partial charge in [0.1, 0.15) is 15.5 Å². The molecule has 4 rings (SSSR count). The Morgan fingerprint density at radius 1 is 0.686 bits per heavy atom. The number of fused-ring (bicyclic) bond motifs is 1. The summed E-state index contributed by atoms with van der Waals surface area (Å²) >= 11 is 6.35. The number of anilines is 2. The minimum atomic E-state index is -4.58. The van der Waals surface area contributed by atoms with Crippen LogP contribution in [0.2, 0.25) is 0 Å². The van der Waals surface area contributed by atoms with Gasteiger partial charge in [-0.25, -0.2) is 0 Å². The zero-order valence-corrected chi connectivity index (χ0v) is 22.2. The first-order valence-corrected chi connectivity index (χ1v) is 14.2. The van der Waals surface area contributed by atoms with E-state index in [1.807, 2.05) is 18.2 Å². The molecule has 9 nitrogen and oxygen atoms in total. The lowest BCUT2D eigenvalue weighted by molar-refractivity contribution is 0.481. The fourth-order valence-corrected chi connectivity index (χ4v) is 6.32. The Morgan fingerprint density at radius 3 is 2.00 bits per heavy atom. The summed E-state index contributed by atoms with van der Waals surface area (Å²) in [6.07, 6.45) is 0. The first kappa shape index (κ1) is 25.4. The Morgan fingerprint density at radius 2 is 1.34 bits per heavy atom. The molecular weight excluding hydrogens is 626 g/mol. The van der Waals surface area contributed by atoms with E-state index in [1.165, 1.54) is 18.2 Å². The van der Waals surface area contributed by atoms with E-state index in [1.54, 1.807) is 30.3 Å². The maximum atomic E-state index is 12.1. The van der Waals surface area contributed by atoms with Crippen molar-refractivity contribution in [2.24, 2.45) is 10.2 Å². The van der Waals surface area contributed by atoms with Gasteiger partial charge < -0.3 is 5.32 Å². The highest BCUT2D eigenvalue weighted by Gasteiger charge is 2.20. The summed E-state index contributed by atoms with van der Waals surface area (Å²) in [6, 6.07) is 19.1. The molecule has 0 fully saturated rings. The molecule has 3 N–H and O–H groups in total. The standard InChI is InChI=1S/C22H15Br2N3O6S2/c23-15-11-16(24)21(35(31,32)33)12-19(15)27-26-17-9-10-18(25-13-5-2-1-3-6-13)22-14(17)7-4-8-20(22)34(28,29)30/h1-12,25H,(H,28,29,30)(H,31,32,33). The van der Waals surface area contributed by atoms with Crippen LogP contribution in [0.4, 0.5) is 22.7 Å². The molecule has 180 valence electrons. The van der Waals surface area contributed by atoms with Crippen molar-refractivity contribution in [2.45, 2.75) is 9.79 Å². The van der Waals surface area contributed by atoms with Gasteiger partial charge in [0, 0.05) is 31.1 Å². The molecule has 4 aromatic rings. The second-order valence-corrected chi connectivity index (χ2v) is 11.7. The normalized spacial score (nSPS) is 12.3. The topological polar surface area (TPSA) is 145 Å². The van der Waals surface area contributed by atoms with E-state index in [0.717, 1.165) is 6.07 Å². The molecule has 0 bridgehead atoms. The number of hydrogen-bond donors (Lipinski definition) is 3. The highest BCUT2D eigenvalue weighted by molar-refractivity contribution is 9.11. The summed E-state index contributed by atoms with van der Waals surface area (Å²) in [7, 11) is -9.10. The van der Waals surface area contributed by atoms with Crippen LogP contribution < -0.4 is 5.32 Å². The lowest BCUT2D eigenvalue weighted by Crippen LogP contribution is -2.01. The fourth-order valence-electron chi connectivity index (χ4n) is 3.34. The lowest BCUT2D eigenvalue weighted by Gasteiger charge is -2.14. The van der Waals surface area contributed by atoms with Crippen molar-refractivity contribution in [1.82, 2.24) is 0 Å². The van der Waals surface area contributed by atoms with Crippen LogP contribution in [0, 0.1) is 0 Å². The van der Waals surface area contributed by atoms with Gasteiger partial charge in [-0.2, -0.15) is 16.8 Å². The van der Waals surface area contributed by atoms with E-state index < -0.39 is 25.1 Å². The maximum absolute atomic E-state index is 12.1. The van der Waals surface area contributed by atoms with Gasteiger partial charge >= 0.3 is 0 Å². The Hall–Kier alpha value is -2.68. The van der Waals surface area contributed by atoms with Gasteiger partial charge in [0.2, 0.25) is 0 Å². The largest absolute Gasteiger partial charge is 0.355 e. The van der Waals surface area contributed by atoms with Crippen molar-refractivity contribution in [3.05, 3.63) is 81.7 Å². The van der Waals surface area contributed by atoms with E-state index in [9.17, 15) is 25.9 Å². The van der Waals surface area contributed by atoms with Crippen molar-refractivity contribution in [3.63, 3.8) is 0 Å². The van der Waals surface area contributed by atoms with Crippen LogP contribution >= 0.6 is 31.9 Å². The number of azo groups is 1. The number of hydrogen-bond acceptors (Lipinski definition) is 7. The average Bonchev–Trinajstić information content (AvgIpc) is 2.78. The predicted octanol–water partition coefficient (Wildman–Crippen LogP) is 7.02. The summed E-state index contributed by atoms with van der Waals surface area (Å²) < 4.78 is 67.3. The van der Waals surface area contributed by atoms with Gasteiger partial charge in [-0.15, -0.1) is 10.2 Å². The summed E-state index contributed by atoms with van der Waals surface area (Å²) in [6.45, 7) is 0. The third-order valence-electron chi connectivity index (χ3n) is 4.85. The molecule has 0 aliphatic rings. The number of nitrogens with zero attached hydrogens (tertiary/aromatic N) is 2. The molecule has 0 radical (unpaired) electrons. The zero-order chi connectivity index (χ0) is 25.4. The first-order chi connectivity index (χ1) is 16.4. The van der Waals surface area contributed by atoms with Crippen molar-refractivity contribution >= 4 is 85.6 Å². The molecular formula is C22H15Br2N3O6S2. The molecule has 0 saturated carbocycles. The molecule has 0 spiro atoms. The van der Waals surface area contributed by atoms with E-state index >= 15 is 0 Å². The smallest absolute Gasteiger partial charge is 0.295 e. The lowest BCUT2D eigenvalue weighted by atomic mass is 10.1. The molecule has 0 unspecified atom stereocenters. The average molecular weight is 641 g/mol. The number of benzene rings is 4. The van der Waals surface area contributed by atoms with Crippen molar-refractivity contribution in [2.75, 3.05) is 5.32 Å². The molecule has 0 aromatic heterocycles. The highest BCUT2D eigenvalue weighted by Crippen LogP contribution is 2.39. The van der Waals surface area contributed by atoms with Gasteiger partial charge in [0.25, 0.3) is 20.2 Å². The summed E-state index contributed by atoms with van der Waals surface area (Å²) in [5.74, 6) is 0. The Labute approximate surface area is 217 Å². The quantitative estimate of drug-likeness (QED) is 0.152. The summed E-state index contributed by atoms with van der Waals surface area (Å²) in [5, 5.41) is 12.0. The molecule has 4 aromatic carbocycles. The molecule has 0 heterocycles. The fraction of sp³-hybridized carbons (Fsp3) is 0. The molecule has 13 heteroatoms. The van der Waals surface area contributed by atoms with Crippen LogP contribution in [0.3, 0.4) is 0 Å². The summed E-state index contributed by atoms with van der Waals surface area (Å²) in [5.41, 5.74) is 1.47. The molecule has 0 aliphatic carbocycles. The van der Waals surface area contributed by atoms with Crippen LogP contribution in [0.25, 0.3) is 10.8 Å². The molecule has 35 heavy (non-hydrogen) atoms. The summed E-state index contributed by atoms with van der Waals surface area (Å²) in [4.78, 5) is -0.709. The third-order valence-corrected chi connectivity index (χ3v) is 8.20. The Kier molecular flexibility index (Phi) is 7.09. The zero-order valence-electron chi connectivity index (χ0n) is 17.4. The number of halogens is 2. The van der Waals surface area contributed by atoms with Crippen LogP contribution in [0.5, 0.6) is 0 Å². The highest BCUT2D eigenvalue weighted by atomic mass is 79.9. The Balaban J connectivity index is 1.89. The van der Waals surface area contributed by atoms with Crippen LogP contribution in [-0.2, 0) is 20.2 Å². The van der Waals surface area contributed by atoms with Gasteiger partial charge in [-0.1, -0.05) is 30.3 Å². The SMILES string of the molecule is O=S(=O)(O)c1cc(N=Nc2ccc(Nc3ccccc3)c3c(S(=O)(=O)O)cccc23)c(Br)cc1Br. The van der Waals surface area contributed by atoms with E-state index in [0.29, 0.717) is 21.2 Å². The van der Waals surface area contributed by atoms with Gasteiger partial charge in [-0.05, 0) is 74.3 Å². The van der Waals surface area contributed by atoms with Gasteiger partial charge in [-0.3, -0.25) is 9.11 Å². The number of rotatable bonds is 6. The van der Waals surface area contributed by atoms with Crippen LogP contribution in [0.1, 0.15) is 0 Å². The molecule has 0 saturated heterocycles. The Bertz CT molecular complexity index is 1690. The second kappa shape index (κ2) is 9.76. The second-order valence-electron chi connectivity index (χ2n) is 7.19. The number of nitrogens with one attached hydrogen (secondary N) is 1. The van der Waals surface area contributed by atoms with E-state index in [2.05, 4.69) is 47.4 Å².